The molecule has 0 unspecified atom stereocenters. The van der Waals surface area contributed by atoms with Gasteiger partial charge in [0.05, 0.1) is 10.2 Å². The Morgan fingerprint density at radius 2 is 2.25 bits per heavy atom. The largest absolute Gasteiger partial charge is 0.290 e. The molecule has 4 nitrogen and oxygen atoms in total. The Labute approximate surface area is 95.5 Å². The maximum atomic E-state index is 11.7. The molecule has 0 radical (unpaired) electrons. The molecule has 0 atom stereocenters. The highest BCUT2D eigenvalue weighted by Crippen LogP contribution is 2.27. The molecule has 0 saturated heterocycles. The number of rotatable bonds is 1. The number of fused-ring (bicyclic) bond motifs is 3. The predicted molar refractivity (Wildman–Crippen MR) is 65.3 cm³/mol. The molecular weight excluding hydrogens is 222 g/mol. The minimum Gasteiger partial charge on any atom is -0.290 e. The van der Waals surface area contributed by atoms with Gasteiger partial charge in [-0.15, -0.1) is 11.3 Å². The van der Waals surface area contributed by atoms with Gasteiger partial charge in [-0.2, -0.15) is 5.10 Å². The molecule has 1 N–H and O–H groups in total. The van der Waals surface area contributed by atoms with E-state index in [-0.39, 0.29) is 5.56 Å². The number of hydrogen-bond donors (Lipinski definition) is 1. The third-order valence-electron chi connectivity index (χ3n) is 2.71. The highest BCUT2D eigenvalue weighted by atomic mass is 32.1. The minimum atomic E-state index is -0.127. The Kier molecular flexibility index (Phi) is 1.91. The SMILES string of the molecule is CCc1n[nH]c(=O)c2cc3sc(C)cc3n12. The summed E-state index contributed by atoms with van der Waals surface area (Å²) >= 11 is 1.70. The van der Waals surface area contributed by atoms with Gasteiger partial charge in [0.2, 0.25) is 0 Å². The highest BCUT2D eigenvalue weighted by molar-refractivity contribution is 7.19. The average Bonchev–Trinajstić information content (AvgIpc) is 2.76. The van der Waals surface area contributed by atoms with E-state index >= 15 is 0 Å². The lowest BCUT2D eigenvalue weighted by Gasteiger charge is -2.01. The van der Waals surface area contributed by atoms with Gasteiger partial charge < -0.3 is 0 Å². The van der Waals surface area contributed by atoms with Gasteiger partial charge in [0.15, 0.2) is 0 Å². The van der Waals surface area contributed by atoms with Crippen LogP contribution in [0.25, 0.3) is 15.7 Å². The fraction of sp³-hybridized carbons (Fsp3) is 0.273. The summed E-state index contributed by atoms with van der Waals surface area (Å²) < 4.78 is 3.10. The van der Waals surface area contributed by atoms with E-state index in [0.29, 0.717) is 5.52 Å². The van der Waals surface area contributed by atoms with Crippen molar-refractivity contribution in [3.05, 3.63) is 33.2 Å². The molecule has 0 saturated carbocycles. The second kappa shape index (κ2) is 3.18. The molecule has 5 heteroatoms. The van der Waals surface area contributed by atoms with Crippen molar-refractivity contribution in [2.75, 3.05) is 0 Å². The van der Waals surface area contributed by atoms with Crippen LogP contribution in [0.3, 0.4) is 0 Å². The van der Waals surface area contributed by atoms with Gasteiger partial charge in [0.1, 0.15) is 11.3 Å². The number of hydrogen-bond acceptors (Lipinski definition) is 3. The molecule has 82 valence electrons. The molecule has 0 amide bonds. The third kappa shape index (κ3) is 1.15. The smallest absolute Gasteiger partial charge is 0.288 e. The van der Waals surface area contributed by atoms with Crippen molar-refractivity contribution in [2.24, 2.45) is 0 Å². The first kappa shape index (κ1) is 9.59. The standard InChI is InChI=1S/C11H11N3OS/c1-3-10-12-13-11(15)8-5-9-7(14(8)10)4-6(2)16-9/h4-5H,3H2,1-2H3,(H,13,15). The van der Waals surface area contributed by atoms with Crippen LogP contribution >= 0.6 is 11.3 Å². The molecule has 3 aromatic rings. The highest BCUT2D eigenvalue weighted by Gasteiger charge is 2.11. The van der Waals surface area contributed by atoms with E-state index in [9.17, 15) is 4.79 Å². The van der Waals surface area contributed by atoms with Gasteiger partial charge in [-0.3, -0.25) is 9.20 Å². The molecule has 0 aromatic carbocycles. The van der Waals surface area contributed by atoms with Gasteiger partial charge in [0.25, 0.3) is 5.56 Å². The van der Waals surface area contributed by atoms with E-state index in [2.05, 4.69) is 23.2 Å². The monoisotopic (exact) mass is 233 g/mol. The zero-order chi connectivity index (χ0) is 11.3. The van der Waals surface area contributed by atoms with E-state index in [4.69, 9.17) is 0 Å². The van der Waals surface area contributed by atoms with Crippen LogP contribution in [0, 0.1) is 6.92 Å². The van der Waals surface area contributed by atoms with Crippen LogP contribution in [0.5, 0.6) is 0 Å². The van der Waals surface area contributed by atoms with Crippen LogP contribution in [0.2, 0.25) is 0 Å². The van der Waals surface area contributed by atoms with Gasteiger partial charge in [0, 0.05) is 11.3 Å². The average molecular weight is 233 g/mol. The van der Waals surface area contributed by atoms with Crippen molar-refractivity contribution in [3.63, 3.8) is 0 Å². The lowest BCUT2D eigenvalue weighted by molar-refractivity contribution is 0.820. The number of aryl methyl sites for hydroxylation is 2. The molecule has 16 heavy (non-hydrogen) atoms. The number of nitrogens with one attached hydrogen (secondary N) is 1. The molecule has 3 aromatic heterocycles. The van der Waals surface area contributed by atoms with Crippen molar-refractivity contribution >= 4 is 27.1 Å². The summed E-state index contributed by atoms with van der Waals surface area (Å²) in [6.07, 6.45) is 0.798. The molecule has 3 heterocycles. The number of aromatic amines is 1. The van der Waals surface area contributed by atoms with Crippen LogP contribution in [0.1, 0.15) is 17.6 Å². The van der Waals surface area contributed by atoms with Crippen LogP contribution in [-0.4, -0.2) is 14.6 Å². The Hall–Kier alpha value is -1.62. The van der Waals surface area contributed by atoms with Crippen molar-refractivity contribution in [1.29, 1.82) is 0 Å². The molecule has 0 bridgehead atoms. The molecule has 3 rings (SSSR count). The number of H-pyrrole nitrogens is 1. The van der Waals surface area contributed by atoms with Gasteiger partial charge in [-0.25, -0.2) is 5.10 Å². The lowest BCUT2D eigenvalue weighted by Crippen LogP contribution is -2.14. The molecular formula is C11H11N3OS. The zero-order valence-electron chi connectivity index (χ0n) is 9.07. The number of aromatic nitrogens is 3. The van der Waals surface area contributed by atoms with Gasteiger partial charge in [-0.05, 0) is 19.1 Å². The molecule has 0 spiro atoms. The topological polar surface area (TPSA) is 50.2 Å². The first-order chi connectivity index (χ1) is 7.70. The quantitative estimate of drug-likeness (QED) is 0.699. The van der Waals surface area contributed by atoms with Crippen molar-refractivity contribution in [3.8, 4) is 0 Å². The van der Waals surface area contributed by atoms with Crippen LogP contribution in [-0.2, 0) is 6.42 Å². The van der Waals surface area contributed by atoms with Crippen molar-refractivity contribution < 1.29 is 0 Å². The maximum absolute atomic E-state index is 11.7. The number of thiophene rings is 1. The van der Waals surface area contributed by atoms with Crippen molar-refractivity contribution in [1.82, 2.24) is 14.6 Å². The molecule has 0 aliphatic carbocycles. The summed E-state index contributed by atoms with van der Waals surface area (Å²) in [5, 5.41) is 6.62. The number of nitrogens with zero attached hydrogens (tertiary/aromatic N) is 2. The Balaban J connectivity index is 2.61. The van der Waals surface area contributed by atoms with E-state index in [1.165, 1.54) is 4.88 Å². The summed E-state index contributed by atoms with van der Waals surface area (Å²) in [6, 6.07) is 4.04. The van der Waals surface area contributed by atoms with Crippen molar-refractivity contribution in [2.45, 2.75) is 20.3 Å². The summed E-state index contributed by atoms with van der Waals surface area (Å²) in [7, 11) is 0. The lowest BCUT2D eigenvalue weighted by atomic mass is 10.4. The Bertz CT molecular complexity index is 735. The molecule has 0 aliphatic rings. The van der Waals surface area contributed by atoms with Crippen LogP contribution in [0.15, 0.2) is 16.9 Å². The Morgan fingerprint density at radius 1 is 1.44 bits per heavy atom. The van der Waals surface area contributed by atoms with Gasteiger partial charge >= 0.3 is 0 Å². The van der Waals surface area contributed by atoms with Gasteiger partial charge in [-0.1, -0.05) is 6.92 Å². The molecule has 0 fully saturated rings. The fourth-order valence-corrected chi connectivity index (χ4v) is 2.96. The first-order valence-corrected chi connectivity index (χ1v) is 6.01. The van der Waals surface area contributed by atoms with E-state index in [0.717, 1.165) is 22.5 Å². The molecule has 0 aliphatic heterocycles. The minimum absolute atomic E-state index is 0.127. The fourth-order valence-electron chi connectivity index (χ4n) is 2.02. The zero-order valence-corrected chi connectivity index (χ0v) is 9.89. The third-order valence-corrected chi connectivity index (χ3v) is 3.69. The van der Waals surface area contributed by atoms with E-state index in [1.807, 2.05) is 17.4 Å². The van der Waals surface area contributed by atoms with E-state index in [1.54, 1.807) is 11.3 Å². The van der Waals surface area contributed by atoms with E-state index < -0.39 is 0 Å². The van der Waals surface area contributed by atoms with Crippen LogP contribution < -0.4 is 5.56 Å². The summed E-state index contributed by atoms with van der Waals surface area (Å²) in [4.78, 5) is 12.9. The predicted octanol–water partition coefficient (Wildman–Crippen LogP) is 2.11. The summed E-state index contributed by atoms with van der Waals surface area (Å²) in [5.41, 5.74) is 1.65. The summed E-state index contributed by atoms with van der Waals surface area (Å²) in [5.74, 6) is 0.891. The summed E-state index contributed by atoms with van der Waals surface area (Å²) in [6.45, 7) is 4.11. The normalized spacial score (nSPS) is 11.6. The Morgan fingerprint density at radius 3 is 3.00 bits per heavy atom. The second-order valence-corrected chi connectivity index (χ2v) is 5.08. The maximum Gasteiger partial charge on any atom is 0.288 e. The second-order valence-electron chi connectivity index (χ2n) is 3.79. The first-order valence-electron chi connectivity index (χ1n) is 5.20. The van der Waals surface area contributed by atoms with Crippen LogP contribution in [0.4, 0.5) is 0 Å².